The molecule has 0 bridgehead atoms. The van der Waals surface area contributed by atoms with E-state index in [9.17, 15) is 13.6 Å². The molecule has 1 fully saturated rings. The van der Waals surface area contributed by atoms with E-state index in [0.29, 0.717) is 27.7 Å². The molecule has 1 saturated heterocycles. The Morgan fingerprint density at radius 2 is 2.33 bits per heavy atom. The van der Waals surface area contributed by atoms with Gasteiger partial charge in [-0.2, -0.15) is 8.78 Å². The number of fused-ring (bicyclic) bond motifs is 1. The van der Waals surface area contributed by atoms with Crippen LogP contribution in [0.2, 0.25) is 5.02 Å². The topological polar surface area (TPSA) is 47.6 Å². The van der Waals surface area contributed by atoms with Crippen molar-refractivity contribution in [1.29, 1.82) is 0 Å². The molecule has 130 valence electrons. The zero-order chi connectivity index (χ0) is 17.3. The first kappa shape index (κ1) is 17.8. The quantitative estimate of drug-likeness (QED) is 0.725. The summed E-state index contributed by atoms with van der Waals surface area (Å²) in [5, 5.41) is 3.19. The van der Waals surface area contributed by atoms with E-state index in [2.05, 4.69) is 26.0 Å². The molecule has 2 aromatic rings. The normalized spacial score (nSPS) is 17.6. The summed E-state index contributed by atoms with van der Waals surface area (Å²) in [4.78, 5) is 12.7. The second-order valence-electron chi connectivity index (χ2n) is 5.22. The van der Waals surface area contributed by atoms with Crippen LogP contribution < -0.4 is 10.1 Å². The van der Waals surface area contributed by atoms with Crippen molar-refractivity contribution in [2.24, 2.45) is 0 Å². The Morgan fingerprint density at radius 3 is 3.00 bits per heavy atom. The fourth-order valence-corrected chi connectivity index (χ4v) is 4.59. The summed E-state index contributed by atoms with van der Waals surface area (Å²) in [5.74, 6) is -0.408. The molecule has 9 heteroatoms. The number of thiophene rings is 1. The van der Waals surface area contributed by atoms with E-state index < -0.39 is 6.61 Å². The van der Waals surface area contributed by atoms with E-state index in [1.807, 2.05) is 0 Å². The Bertz CT molecular complexity index is 765. The molecule has 0 saturated carbocycles. The number of rotatable bonds is 5. The van der Waals surface area contributed by atoms with Crippen LogP contribution in [0.5, 0.6) is 5.75 Å². The maximum absolute atomic E-state index is 12.6. The Hall–Kier alpha value is -0.960. The van der Waals surface area contributed by atoms with Crippen LogP contribution in [-0.2, 0) is 4.74 Å². The van der Waals surface area contributed by atoms with Crippen LogP contribution in [-0.4, -0.2) is 31.8 Å². The smallest absolute Gasteiger partial charge is 0.387 e. The Morgan fingerprint density at radius 1 is 1.54 bits per heavy atom. The summed E-state index contributed by atoms with van der Waals surface area (Å²) in [6, 6.07) is 2.98. The lowest BCUT2D eigenvalue weighted by atomic mass is 10.2. The predicted molar refractivity (Wildman–Crippen MR) is 92.5 cm³/mol. The zero-order valence-corrected chi connectivity index (χ0v) is 15.4. The van der Waals surface area contributed by atoms with Gasteiger partial charge >= 0.3 is 6.61 Å². The van der Waals surface area contributed by atoms with Gasteiger partial charge in [0, 0.05) is 17.6 Å². The van der Waals surface area contributed by atoms with E-state index in [0.717, 1.165) is 24.2 Å². The third-order valence-electron chi connectivity index (χ3n) is 3.63. The number of ether oxygens (including phenoxy) is 2. The van der Waals surface area contributed by atoms with Crippen LogP contribution >= 0.6 is 38.9 Å². The fraction of sp³-hybridized carbons (Fsp3) is 0.400. The molecule has 1 amide bonds. The molecule has 0 spiro atoms. The van der Waals surface area contributed by atoms with Gasteiger partial charge in [0.1, 0.15) is 10.6 Å². The van der Waals surface area contributed by atoms with Crippen molar-refractivity contribution in [2.75, 3.05) is 13.2 Å². The van der Waals surface area contributed by atoms with Crippen molar-refractivity contribution in [2.45, 2.75) is 25.6 Å². The van der Waals surface area contributed by atoms with Crippen LogP contribution in [0.15, 0.2) is 16.6 Å². The molecule has 1 aromatic carbocycles. The van der Waals surface area contributed by atoms with Crippen LogP contribution in [0, 0.1) is 0 Å². The van der Waals surface area contributed by atoms with Crippen molar-refractivity contribution in [3.8, 4) is 5.75 Å². The standard InChI is InChI=1S/C15H13BrClF2NO3S/c16-8-3-4-9(23-15(18)19)10-11(17)13(24-12(8)10)14(21)20-6-7-2-1-5-22-7/h3-4,7,15H,1-2,5-6H2,(H,20,21)/t7-/m1/s1. The lowest BCUT2D eigenvalue weighted by Gasteiger charge is -2.10. The molecule has 1 atom stereocenters. The first-order valence-corrected chi connectivity index (χ1v) is 9.21. The van der Waals surface area contributed by atoms with Gasteiger partial charge in [-0.25, -0.2) is 0 Å². The number of nitrogens with one attached hydrogen (secondary N) is 1. The summed E-state index contributed by atoms with van der Waals surface area (Å²) < 4.78 is 36.4. The lowest BCUT2D eigenvalue weighted by molar-refractivity contribution is -0.0487. The van der Waals surface area contributed by atoms with E-state index in [-0.39, 0.29) is 27.7 Å². The predicted octanol–water partition coefficient (Wildman–Crippen LogP) is 4.83. The highest BCUT2D eigenvalue weighted by Gasteiger charge is 2.24. The molecule has 1 aliphatic heterocycles. The van der Waals surface area contributed by atoms with Gasteiger partial charge in [-0.05, 0) is 40.9 Å². The van der Waals surface area contributed by atoms with Crippen molar-refractivity contribution in [1.82, 2.24) is 5.32 Å². The third-order valence-corrected chi connectivity index (χ3v) is 6.27. The summed E-state index contributed by atoms with van der Waals surface area (Å²) in [6.07, 6.45) is 1.88. The minimum absolute atomic E-state index is 0.00608. The second kappa shape index (κ2) is 7.51. The molecule has 2 heterocycles. The van der Waals surface area contributed by atoms with Crippen molar-refractivity contribution in [3.05, 3.63) is 26.5 Å². The number of benzene rings is 1. The monoisotopic (exact) mass is 439 g/mol. The van der Waals surface area contributed by atoms with Crippen molar-refractivity contribution >= 4 is 54.9 Å². The molecular weight excluding hydrogens is 428 g/mol. The highest BCUT2D eigenvalue weighted by Crippen LogP contribution is 2.44. The molecule has 0 aliphatic carbocycles. The first-order valence-electron chi connectivity index (χ1n) is 7.22. The van der Waals surface area contributed by atoms with Crippen LogP contribution in [0.3, 0.4) is 0 Å². The number of hydrogen-bond acceptors (Lipinski definition) is 4. The average molecular weight is 441 g/mol. The fourth-order valence-electron chi connectivity index (χ4n) is 2.54. The number of carbonyl (C=O) groups is 1. The number of halogens is 4. The number of hydrogen-bond donors (Lipinski definition) is 1. The van der Waals surface area contributed by atoms with E-state index in [1.54, 1.807) is 6.07 Å². The first-order chi connectivity index (χ1) is 11.5. The Balaban J connectivity index is 1.89. The van der Waals surface area contributed by atoms with Gasteiger partial charge in [-0.1, -0.05) is 11.6 Å². The van der Waals surface area contributed by atoms with Crippen LogP contribution in [0.1, 0.15) is 22.5 Å². The van der Waals surface area contributed by atoms with E-state index in [1.165, 1.54) is 6.07 Å². The van der Waals surface area contributed by atoms with Crippen molar-refractivity contribution in [3.63, 3.8) is 0 Å². The molecule has 3 rings (SSSR count). The third kappa shape index (κ3) is 3.66. The van der Waals surface area contributed by atoms with E-state index >= 15 is 0 Å². The lowest BCUT2D eigenvalue weighted by Crippen LogP contribution is -2.31. The maximum atomic E-state index is 12.6. The summed E-state index contributed by atoms with van der Waals surface area (Å²) >= 11 is 10.8. The molecule has 1 aromatic heterocycles. The maximum Gasteiger partial charge on any atom is 0.387 e. The van der Waals surface area contributed by atoms with Gasteiger partial charge < -0.3 is 14.8 Å². The SMILES string of the molecule is O=C(NC[C@H]1CCCO1)c1sc2c(Br)ccc(OC(F)F)c2c1Cl. The van der Waals surface area contributed by atoms with E-state index in [4.69, 9.17) is 16.3 Å². The highest BCUT2D eigenvalue weighted by atomic mass is 79.9. The minimum Gasteiger partial charge on any atom is -0.434 e. The molecule has 1 aliphatic rings. The molecule has 4 nitrogen and oxygen atoms in total. The van der Waals surface area contributed by atoms with Gasteiger partial charge in [0.25, 0.3) is 5.91 Å². The van der Waals surface area contributed by atoms with Gasteiger partial charge in [0.15, 0.2) is 0 Å². The van der Waals surface area contributed by atoms with Crippen LogP contribution in [0.25, 0.3) is 10.1 Å². The number of alkyl halides is 2. The van der Waals surface area contributed by atoms with Gasteiger partial charge in [-0.3, -0.25) is 4.79 Å². The largest absolute Gasteiger partial charge is 0.434 e. The summed E-state index contributed by atoms with van der Waals surface area (Å²) in [6.45, 7) is -1.88. The molecule has 24 heavy (non-hydrogen) atoms. The summed E-state index contributed by atoms with van der Waals surface area (Å²) in [7, 11) is 0. The van der Waals surface area contributed by atoms with Gasteiger partial charge in [-0.15, -0.1) is 11.3 Å². The molecule has 1 N–H and O–H groups in total. The van der Waals surface area contributed by atoms with Gasteiger partial charge in [0.05, 0.1) is 21.2 Å². The second-order valence-corrected chi connectivity index (χ2v) is 7.47. The van der Waals surface area contributed by atoms with Gasteiger partial charge in [0.2, 0.25) is 0 Å². The minimum atomic E-state index is -2.97. The zero-order valence-electron chi connectivity index (χ0n) is 12.3. The molecule has 0 unspecified atom stereocenters. The number of carbonyl (C=O) groups excluding carboxylic acids is 1. The van der Waals surface area contributed by atoms with Crippen molar-refractivity contribution < 1.29 is 23.0 Å². The Kier molecular flexibility index (Phi) is 5.59. The highest BCUT2D eigenvalue weighted by molar-refractivity contribution is 9.10. The van der Waals surface area contributed by atoms with Crippen LogP contribution in [0.4, 0.5) is 8.78 Å². The molecular formula is C15H13BrClF2NO3S. The summed E-state index contributed by atoms with van der Waals surface area (Å²) in [5.41, 5.74) is 0. The molecule has 0 radical (unpaired) electrons. The Labute approximate surface area is 154 Å². The average Bonchev–Trinajstić information content (AvgIpc) is 3.16. The number of amides is 1.